The lowest BCUT2D eigenvalue weighted by Gasteiger charge is -2.41. The Morgan fingerprint density at radius 2 is 1.91 bits per heavy atom. The van der Waals surface area contributed by atoms with E-state index in [4.69, 9.17) is 23.2 Å². The molecule has 3 aromatic rings. The maximum absolute atomic E-state index is 13.2. The Hall–Kier alpha value is -3.08. The molecule has 172 valence electrons. The van der Waals surface area contributed by atoms with Crippen molar-refractivity contribution in [1.82, 2.24) is 20.2 Å². The average molecular weight is 508 g/mol. The summed E-state index contributed by atoms with van der Waals surface area (Å²) in [5.41, 5.74) is -0.894. The molecule has 0 saturated carbocycles. The van der Waals surface area contributed by atoms with E-state index in [-0.39, 0.29) is 24.7 Å². The number of rotatable bonds is 5. The fourth-order valence-corrected chi connectivity index (χ4v) is 4.56. The summed E-state index contributed by atoms with van der Waals surface area (Å²) in [6, 6.07) is 9.21. The number of anilines is 1. The van der Waals surface area contributed by atoms with E-state index in [2.05, 4.69) is 10.3 Å². The molecule has 9 nitrogen and oxygen atoms in total. The van der Waals surface area contributed by atoms with Crippen molar-refractivity contribution in [2.75, 3.05) is 24.5 Å². The smallest absolute Gasteiger partial charge is 0.326 e. The zero-order valence-corrected chi connectivity index (χ0v) is 19.5. The molecule has 0 radical (unpaired) electrons. The quantitative estimate of drug-likeness (QED) is 0.488. The van der Waals surface area contributed by atoms with Gasteiger partial charge in [0.1, 0.15) is 11.7 Å². The van der Waals surface area contributed by atoms with Crippen LogP contribution in [0.5, 0.6) is 0 Å². The summed E-state index contributed by atoms with van der Waals surface area (Å²) in [5.74, 6) is -0.811. The molecule has 2 aromatic heterocycles. The maximum Gasteiger partial charge on any atom is 0.326 e. The lowest BCUT2D eigenvalue weighted by atomic mass is 10.1. The summed E-state index contributed by atoms with van der Waals surface area (Å²) < 4.78 is 0. The number of carbonyl (C=O) groups excluding carboxylic acids is 2. The van der Waals surface area contributed by atoms with Gasteiger partial charge in [-0.15, -0.1) is 11.3 Å². The third-order valence-corrected chi connectivity index (χ3v) is 6.83. The standard InChI is InChI=1S/C21H19Cl2N5O4S/c22-14-4-3-12(8-15(14)23)28-6-5-27(20(31)16-9-18(29)26-21(32)25-16)11-17(28)19(30)24-10-13-2-1-7-33-13/h1-4,7-9,17H,5-6,10-11H2,(H,24,30)(H2,25,26,29,32)/t17-/m0/s1. The van der Waals surface area contributed by atoms with E-state index in [1.807, 2.05) is 27.4 Å². The molecule has 4 rings (SSSR count). The minimum absolute atomic E-state index is 0.0458. The van der Waals surface area contributed by atoms with Gasteiger partial charge in [-0.2, -0.15) is 0 Å². The molecule has 3 heterocycles. The Kier molecular flexibility index (Phi) is 6.87. The van der Waals surface area contributed by atoms with E-state index in [1.54, 1.807) is 18.2 Å². The summed E-state index contributed by atoms with van der Waals surface area (Å²) in [5, 5.41) is 5.59. The Bertz CT molecular complexity index is 1260. The number of thiophene rings is 1. The van der Waals surface area contributed by atoms with Gasteiger partial charge in [-0.3, -0.25) is 19.4 Å². The van der Waals surface area contributed by atoms with Crippen molar-refractivity contribution in [2.45, 2.75) is 12.6 Å². The molecule has 1 fully saturated rings. The molecule has 33 heavy (non-hydrogen) atoms. The first-order valence-corrected chi connectivity index (χ1v) is 11.6. The van der Waals surface area contributed by atoms with E-state index < -0.39 is 23.2 Å². The molecule has 1 atom stereocenters. The van der Waals surface area contributed by atoms with Crippen LogP contribution in [0.2, 0.25) is 10.0 Å². The number of amides is 2. The third kappa shape index (κ3) is 5.29. The summed E-state index contributed by atoms with van der Waals surface area (Å²) >= 11 is 13.8. The monoisotopic (exact) mass is 507 g/mol. The Labute approximate surface area is 201 Å². The third-order valence-electron chi connectivity index (χ3n) is 5.21. The number of aromatic nitrogens is 2. The lowest BCUT2D eigenvalue weighted by molar-refractivity contribution is -0.123. The minimum atomic E-state index is -0.773. The van der Waals surface area contributed by atoms with Gasteiger partial charge in [0.05, 0.1) is 23.1 Å². The molecule has 1 aliphatic heterocycles. The second-order valence-electron chi connectivity index (χ2n) is 7.36. The van der Waals surface area contributed by atoms with Gasteiger partial charge in [-0.25, -0.2) is 4.79 Å². The highest BCUT2D eigenvalue weighted by Crippen LogP contribution is 2.29. The zero-order chi connectivity index (χ0) is 23.5. The molecule has 1 aliphatic rings. The topological polar surface area (TPSA) is 118 Å². The van der Waals surface area contributed by atoms with E-state index in [0.29, 0.717) is 28.8 Å². The molecule has 3 N–H and O–H groups in total. The van der Waals surface area contributed by atoms with Crippen LogP contribution in [-0.2, 0) is 11.3 Å². The Balaban J connectivity index is 1.59. The number of hydrogen-bond acceptors (Lipinski definition) is 6. The lowest BCUT2D eigenvalue weighted by Crippen LogP contribution is -2.60. The second-order valence-corrected chi connectivity index (χ2v) is 9.20. The average Bonchev–Trinajstić information content (AvgIpc) is 3.31. The highest BCUT2D eigenvalue weighted by atomic mass is 35.5. The first-order valence-electron chi connectivity index (χ1n) is 9.96. The van der Waals surface area contributed by atoms with Crippen LogP contribution in [0.4, 0.5) is 5.69 Å². The fourth-order valence-electron chi connectivity index (χ4n) is 3.62. The summed E-state index contributed by atoms with van der Waals surface area (Å²) in [6.07, 6.45) is 0. The molecule has 1 aromatic carbocycles. The van der Waals surface area contributed by atoms with Crippen LogP contribution in [0.1, 0.15) is 15.4 Å². The van der Waals surface area contributed by atoms with Crippen LogP contribution in [0.15, 0.2) is 51.4 Å². The first-order chi connectivity index (χ1) is 15.8. The van der Waals surface area contributed by atoms with Crippen LogP contribution in [0, 0.1) is 0 Å². The molecular formula is C21H19Cl2N5O4S. The number of hydrogen-bond donors (Lipinski definition) is 3. The van der Waals surface area contributed by atoms with Gasteiger partial charge in [0.15, 0.2) is 0 Å². The SMILES string of the molecule is O=C(NCc1cccs1)[C@@H]1CN(C(=O)c2cc(=O)[nH]c(=O)[nH]2)CCN1c1ccc(Cl)c(Cl)c1. The van der Waals surface area contributed by atoms with E-state index in [1.165, 1.54) is 16.2 Å². The first kappa shape index (κ1) is 23.1. The van der Waals surface area contributed by atoms with Crippen molar-refractivity contribution in [3.63, 3.8) is 0 Å². The van der Waals surface area contributed by atoms with Crippen LogP contribution in [0.3, 0.4) is 0 Å². The number of nitrogens with one attached hydrogen (secondary N) is 3. The molecule has 0 unspecified atom stereocenters. The van der Waals surface area contributed by atoms with Gasteiger partial charge in [0.25, 0.3) is 11.5 Å². The van der Waals surface area contributed by atoms with Gasteiger partial charge in [0, 0.05) is 29.7 Å². The van der Waals surface area contributed by atoms with Crippen molar-refractivity contribution < 1.29 is 9.59 Å². The van der Waals surface area contributed by atoms with Crippen molar-refractivity contribution in [3.05, 3.63) is 83.2 Å². The Morgan fingerprint density at radius 1 is 1.09 bits per heavy atom. The summed E-state index contributed by atoms with van der Waals surface area (Å²) in [7, 11) is 0. The van der Waals surface area contributed by atoms with Crippen molar-refractivity contribution in [2.24, 2.45) is 0 Å². The number of piperazine rings is 1. The van der Waals surface area contributed by atoms with Gasteiger partial charge >= 0.3 is 5.69 Å². The van der Waals surface area contributed by atoms with Crippen LogP contribution in [-0.4, -0.2) is 52.4 Å². The van der Waals surface area contributed by atoms with Gasteiger partial charge in [0.2, 0.25) is 5.91 Å². The molecule has 0 aliphatic carbocycles. The van der Waals surface area contributed by atoms with Crippen molar-refractivity contribution >= 4 is 52.0 Å². The largest absolute Gasteiger partial charge is 0.356 e. The van der Waals surface area contributed by atoms with E-state index >= 15 is 0 Å². The van der Waals surface area contributed by atoms with Gasteiger partial charge in [-0.05, 0) is 29.6 Å². The van der Waals surface area contributed by atoms with E-state index in [9.17, 15) is 19.2 Å². The molecule has 1 saturated heterocycles. The molecule has 2 amide bonds. The summed E-state index contributed by atoms with van der Waals surface area (Å²) in [4.78, 5) is 58.0. The molecule has 0 spiro atoms. The molecular weight excluding hydrogens is 489 g/mol. The number of nitrogens with zero attached hydrogens (tertiary/aromatic N) is 2. The number of benzene rings is 1. The molecule has 12 heteroatoms. The zero-order valence-electron chi connectivity index (χ0n) is 17.1. The number of H-pyrrole nitrogens is 2. The maximum atomic E-state index is 13.2. The summed E-state index contributed by atoms with van der Waals surface area (Å²) in [6.45, 7) is 0.999. The normalized spacial score (nSPS) is 16.0. The highest BCUT2D eigenvalue weighted by Gasteiger charge is 2.35. The van der Waals surface area contributed by atoms with Crippen LogP contribution in [0.25, 0.3) is 0 Å². The Morgan fingerprint density at radius 3 is 2.61 bits per heavy atom. The van der Waals surface area contributed by atoms with Crippen molar-refractivity contribution in [1.29, 1.82) is 0 Å². The number of halogens is 2. The van der Waals surface area contributed by atoms with Gasteiger partial charge in [-0.1, -0.05) is 29.3 Å². The highest BCUT2D eigenvalue weighted by molar-refractivity contribution is 7.09. The van der Waals surface area contributed by atoms with Crippen LogP contribution < -0.4 is 21.5 Å². The van der Waals surface area contributed by atoms with Crippen molar-refractivity contribution in [3.8, 4) is 0 Å². The van der Waals surface area contributed by atoms with Crippen LogP contribution >= 0.6 is 34.5 Å². The fraction of sp³-hybridized carbons (Fsp3) is 0.238. The number of carbonyl (C=O) groups is 2. The predicted molar refractivity (Wildman–Crippen MR) is 127 cm³/mol. The second kappa shape index (κ2) is 9.82. The van der Waals surface area contributed by atoms with E-state index in [0.717, 1.165) is 10.9 Å². The molecule has 0 bridgehead atoms. The predicted octanol–water partition coefficient (Wildman–Crippen LogP) is 2.08. The van der Waals surface area contributed by atoms with Gasteiger partial charge < -0.3 is 20.1 Å². The number of aromatic amines is 2. The minimum Gasteiger partial charge on any atom is -0.356 e.